The fourth-order valence-corrected chi connectivity index (χ4v) is 5.73. The Morgan fingerprint density at radius 3 is 1.08 bits per heavy atom. The van der Waals surface area contributed by atoms with Crippen LogP contribution in [0, 0.1) is 5.89 Å². The normalized spacial score (nSPS) is 54.1. The summed E-state index contributed by atoms with van der Waals surface area (Å²) in [7, 11) is 2.27. The lowest BCUT2D eigenvalue weighted by Crippen LogP contribution is -2.44. The molecule has 8 N–H and O–H groups in total. The predicted octanol–water partition coefficient (Wildman–Crippen LogP) is 11.2. The molecular weight excluding hydrogens is 965 g/mol. The van der Waals surface area contributed by atoms with Crippen LogP contribution in [0.3, 0.4) is 0 Å². The Morgan fingerprint density at radius 2 is 0.740 bits per heavy atom. The number of hydrogen-bond acceptors (Lipinski definition) is 12. The molecule has 12 heteroatoms. The number of aromatic hydroxyl groups is 4. The third kappa shape index (κ3) is 19.5. The van der Waals surface area contributed by atoms with Gasteiger partial charge in [-0.2, -0.15) is 0 Å². The Balaban J connectivity index is 0.000000367. The molecule has 0 bridgehead atoms. The third-order valence-electron chi connectivity index (χ3n) is 8.87. The molecule has 4 fully saturated rings. The number of rotatable bonds is 16. The van der Waals surface area contributed by atoms with Gasteiger partial charge in [-0.25, -0.2) is 0 Å². The molecule has 6 atom stereocenters. The third-order valence-corrected chi connectivity index (χ3v) is 8.87. The van der Waals surface area contributed by atoms with Crippen LogP contribution in [0.5, 0.6) is 23.0 Å². The van der Waals surface area contributed by atoms with Gasteiger partial charge in [0.15, 0.2) is 0 Å². The SMILES string of the molecule is [2H]c1c([2H])c(C([2H])(C([2H])([2H])N(C([2H])([2H])[2H])C([2H])([2H])[2H])C2(O)C([2H])([2H])C([2H])([2H])C([2H])([2H])C([2H])(C)C2([2H])[2H])c([2H])c([2H])c1O.[2H]c1c([2H])c(C([2H])(C([2H])([2H])N(C)C([2H])([2H])[2H])C2(O)C([2H])([2H])C([2H])([2H])C([2H])([2H])C([2H])([2H])C2([2H])[2H])c([2H])c([2H])c1O.[2H]c1c([2H])c(C([2H])(C([2H])([2H])N(C)C)C2(O)C([2H])([2H])C([2H])([2H])C([2H])([2H])C([2H])([2H])C2([2H])[2H])c([2H])c([2H])c1O.[2H]c1c([2H])c(C([2H])(CN(C([2H])([2H])[2H])C([2H])([2H])[2H])C2(O)C([2H])([2H])C([2H])([2H])C([2H])([2H])C([2H])([2H])C2([2H])[2H])c([2H])c([2H])c1O. The van der Waals surface area contributed by atoms with Crippen molar-refractivity contribution in [2.75, 3.05) is 82.1 Å². The highest BCUT2D eigenvalue weighted by atomic mass is 16.3. The van der Waals surface area contributed by atoms with E-state index in [0.29, 0.717) is 18.9 Å². The number of nitrogens with zero attached hydrogens (tertiary/aromatic N) is 4. The Morgan fingerprint density at radius 1 is 0.455 bits per heavy atom. The van der Waals surface area contributed by atoms with Crippen molar-refractivity contribution >= 4 is 0 Å². The van der Waals surface area contributed by atoms with Crippen LogP contribution in [-0.4, -0.2) is 165 Å². The molecule has 8 rings (SSSR count). The second kappa shape index (κ2) is 29.8. The molecule has 0 saturated heterocycles. The van der Waals surface area contributed by atoms with Crippen molar-refractivity contribution < 1.29 is 151 Å². The molecule has 0 radical (unpaired) electrons. The van der Waals surface area contributed by atoms with Crippen LogP contribution in [0.2, 0.25) is 0 Å². The molecule has 4 aliphatic carbocycles. The van der Waals surface area contributed by atoms with Crippen LogP contribution >= 0.6 is 0 Å². The topological polar surface area (TPSA) is 175 Å². The molecule has 4 saturated carbocycles. The minimum atomic E-state index is -4.96. The van der Waals surface area contributed by atoms with E-state index in [9.17, 15) is 42.2 Å². The molecule has 430 valence electrons. The largest absolute Gasteiger partial charge is 0.508 e. The first-order valence-corrected chi connectivity index (χ1v) is 20.8. The van der Waals surface area contributed by atoms with Crippen LogP contribution in [0.4, 0.5) is 0 Å². The van der Waals surface area contributed by atoms with Gasteiger partial charge < -0.3 is 60.5 Å². The van der Waals surface area contributed by atoms with Gasteiger partial charge in [0.2, 0.25) is 0 Å². The highest BCUT2D eigenvalue weighted by Gasteiger charge is 2.43. The molecule has 0 heterocycles. The van der Waals surface area contributed by atoms with Crippen LogP contribution in [0.1, 0.15) is 283 Å². The lowest BCUT2D eigenvalue weighted by molar-refractivity contribution is -0.0423. The van der Waals surface area contributed by atoms with E-state index < -0.39 is 386 Å². The number of likely N-dealkylation sites (N-methyl/N-ethyl adjacent to an activating group) is 4. The summed E-state index contributed by atoms with van der Waals surface area (Å²) in [5.41, 5.74) is -25.9. The second-order valence-electron chi connectivity index (χ2n) is 15.1. The first-order valence-electron chi connectivity index (χ1n) is 60.8. The molecular formula is C65H102N4O8. The van der Waals surface area contributed by atoms with Crippen molar-refractivity contribution in [3.8, 4) is 23.0 Å². The smallest absolute Gasteiger partial charge is 0.115 e. The first-order chi connectivity index (χ1) is 67.8. The van der Waals surface area contributed by atoms with Gasteiger partial charge in [-0.1, -0.05) is 125 Å². The molecule has 77 heavy (non-hydrogen) atoms. The number of hydrogen-bond donors (Lipinski definition) is 8. The van der Waals surface area contributed by atoms with Gasteiger partial charge in [0.05, 0.1) is 44.3 Å². The average Bonchev–Trinajstić information content (AvgIpc) is 0.632. The Kier molecular flexibility index (Phi) is 5.91. The van der Waals surface area contributed by atoms with Gasteiger partial charge in [-0.3, -0.25) is 0 Å². The van der Waals surface area contributed by atoms with Gasteiger partial charge in [0.1, 0.15) is 23.0 Å². The molecule has 6 unspecified atom stereocenters. The van der Waals surface area contributed by atoms with Crippen LogP contribution in [-0.2, 0) is 0 Å². The first kappa shape index (κ1) is 15.2. The Hall–Kier alpha value is -4.24. The van der Waals surface area contributed by atoms with E-state index >= 15 is 0 Å². The summed E-state index contributed by atoms with van der Waals surface area (Å²) in [6.45, 7) is -34.0. The summed E-state index contributed by atoms with van der Waals surface area (Å²) in [5, 5.41) is 87.9. The lowest BCUT2D eigenvalue weighted by atomic mass is 9.69. The van der Waals surface area contributed by atoms with E-state index in [4.69, 9.17) is 108 Å². The second-order valence-corrected chi connectivity index (χ2v) is 15.1. The molecule has 4 aromatic rings. The zero-order valence-corrected chi connectivity index (χ0v) is 40.1. The summed E-state index contributed by atoms with van der Waals surface area (Å²) in [4.78, 5) is -1.52. The Labute approximate surface area is 576 Å². The fraction of sp³-hybridized carbons (Fsp3) is 0.631. The van der Waals surface area contributed by atoms with Crippen molar-refractivity contribution in [1.82, 2.24) is 19.6 Å². The van der Waals surface area contributed by atoms with Gasteiger partial charge in [-0.05, 0) is 183 Å². The van der Waals surface area contributed by atoms with Crippen LogP contribution < -0.4 is 0 Å². The number of benzene rings is 4. The van der Waals surface area contributed by atoms with Gasteiger partial charge in [-0.15, -0.1) is 0 Å². The zero-order chi connectivity index (χ0) is 127. The van der Waals surface area contributed by atoms with Crippen molar-refractivity contribution in [1.29, 1.82) is 0 Å². The van der Waals surface area contributed by atoms with Gasteiger partial charge in [0.25, 0.3) is 0 Å². The van der Waals surface area contributed by atoms with Gasteiger partial charge in [0, 0.05) is 137 Å². The molecule has 0 aromatic heterocycles. The van der Waals surface area contributed by atoms with Gasteiger partial charge >= 0.3 is 0 Å². The van der Waals surface area contributed by atoms with Crippen molar-refractivity contribution in [3.05, 3.63) is 119 Å². The maximum Gasteiger partial charge on any atom is 0.115 e. The highest BCUT2D eigenvalue weighted by Crippen LogP contribution is 2.45. The molecule has 0 aliphatic heterocycles. The minimum absolute atomic E-state index is 0.304. The number of phenols is 4. The molecule has 4 aromatic carbocycles. The molecule has 0 amide bonds. The predicted molar refractivity (Wildman–Crippen MR) is 314 cm³/mol. The quantitative estimate of drug-likeness (QED) is 0.0534. The van der Waals surface area contributed by atoms with E-state index in [2.05, 4.69) is 0 Å². The lowest BCUT2D eigenvalue weighted by Gasteiger charge is -2.43. The monoisotopic (exact) mass is 1150 g/mol. The number of phenolic OH excluding ortho intramolecular Hbond substituents is 4. The zero-order valence-electron chi connectivity index (χ0n) is 120. The number of aliphatic hydroxyl groups is 4. The summed E-state index contributed by atoms with van der Waals surface area (Å²) in [6, 6.07) is -23.7. The van der Waals surface area contributed by atoms with E-state index in [1.807, 2.05) is 0 Å². The van der Waals surface area contributed by atoms with Crippen molar-refractivity contribution in [2.24, 2.45) is 5.89 Å². The summed E-state index contributed by atoms with van der Waals surface area (Å²) in [6.07, 6.45) is -82.0. The average molecular weight is 1150 g/mol. The molecule has 12 nitrogen and oxygen atoms in total. The standard InChI is InChI=1S/C17H27NO2.3C16H25NO2/c1-13-5-4-10-17(20,11-13)16(12-18(2)3)14-6-8-15(19)9-7-14;3*1-17(2)12-15(13-6-8-14(18)9-7-13)16(19)10-4-3-5-11-16/h6-9,13,16,19-20H,4-5,10-12H2,1-3H3;3*6-9,15,18-19H,3-5,10-12H2,1-2H3/i2D3,3D3,4D2,5D2,6D,7D,8D,9D,10D2,11D2,12D2,13D,16D;1D3,3D2,4D2,5D2,6D,7D,8D,9D,10D2,11D2,12D2,15D;1D3,2D3,3D2,4D2,5D2,6D,7D,8D,9D,10D2,11D2,15D;3D2,4D2,5D2,6D,7D,8D,9D,10D2,11D2,12D2,15D. The molecule has 4 aliphatic rings. The minimum Gasteiger partial charge on any atom is -0.508 e. The van der Waals surface area contributed by atoms with E-state index in [-0.39, 0.29) is 4.90 Å². The maximum absolute atomic E-state index is 12.2. The van der Waals surface area contributed by atoms with Crippen LogP contribution in [0.15, 0.2) is 96.7 Å². The summed E-state index contributed by atoms with van der Waals surface area (Å²) >= 11 is 0. The highest BCUT2D eigenvalue weighted by molar-refractivity contribution is 5.34. The van der Waals surface area contributed by atoms with E-state index in [1.54, 1.807) is 0 Å². The maximum atomic E-state index is 12.2. The van der Waals surface area contributed by atoms with Crippen LogP contribution in [0.25, 0.3) is 0 Å². The van der Waals surface area contributed by atoms with E-state index in [1.165, 1.54) is 0 Å². The summed E-state index contributed by atoms with van der Waals surface area (Å²) in [5.74, 6) is -26.9. The fourth-order valence-electron chi connectivity index (χ4n) is 5.73. The summed E-state index contributed by atoms with van der Waals surface area (Å²) < 4.78 is 654. The van der Waals surface area contributed by atoms with Crippen molar-refractivity contribution in [3.63, 3.8) is 0 Å². The van der Waals surface area contributed by atoms with E-state index in [0.717, 1.165) is 14.1 Å². The Bertz CT molecular complexity index is 5900. The van der Waals surface area contributed by atoms with Crippen molar-refractivity contribution in [2.45, 2.75) is 174 Å². The molecule has 0 spiro atoms.